The summed E-state index contributed by atoms with van der Waals surface area (Å²) < 4.78 is 1.14. The lowest BCUT2D eigenvalue weighted by Gasteiger charge is -2.09. The normalized spacial score (nSPS) is 10.8. The molecule has 0 fully saturated rings. The second-order valence-corrected chi connectivity index (χ2v) is 3.32. The summed E-state index contributed by atoms with van der Waals surface area (Å²) >= 11 is 5.55. The molecule has 1 aromatic heterocycles. The Labute approximate surface area is 79.1 Å². The van der Waals surface area contributed by atoms with Crippen LogP contribution in [0.25, 0.3) is 0 Å². The van der Waals surface area contributed by atoms with Crippen molar-refractivity contribution in [2.45, 2.75) is 19.9 Å². The third-order valence-electron chi connectivity index (χ3n) is 1.63. The maximum Gasteiger partial charge on any atom is 0.287 e. The number of hydrogen-bond acceptors (Lipinski definition) is 3. The highest BCUT2D eigenvalue weighted by Crippen LogP contribution is 2.07. The fraction of sp³-hybridized carbons (Fsp3) is 0.429. The van der Waals surface area contributed by atoms with Gasteiger partial charge in [0.25, 0.3) is 11.1 Å². The number of anilines is 1. The van der Waals surface area contributed by atoms with Crippen LogP contribution in [-0.2, 0) is 0 Å². The molecule has 6 heteroatoms. The molecule has 0 aromatic carbocycles. The molecule has 0 saturated carbocycles. The Morgan fingerprint density at radius 2 is 2.00 bits per heavy atom. The second-order valence-electron chi connectivity index (χ2n) is 2.94. The molecule has 1 heterocycles. The van der Waals surface area contributed by atoms with Crippen LogP contribution in [0.5, 0.6) is 0 Å². The largest absolute Gasteiger partial charge is 0.393 e. The minimum atomic E-state index is -0.543. The first-order valence-electron chi connectivity index (χ1n) is 3.75. The molecule has 1 rings (SSSR count). The van der Waals surface area contributed by atoms with Crippen LogP contribution in [0, 0.1) is 0 Å². The highest BCUT2D eigenvalue weighted by Gasteiger charge is 2.11. The van der Waals surface area contributed by atoms with Gasteiger partial charge in [-0.25, -0.2) is 4.68 Å². The molecule has 1 aromatic rings. The summed E-state index contributed by atoms with van der Waals surface area (Å²) in [5.41, 5.74) is 4.01. The number of nitrogens with one attached hydrogen (secondary N) is 1. The van der Waals surface area contributed by atoms with E-state index >= 15 is 0 Å². The highest BCUT2D eigenvalue weighted by atomic mass is 35.5. The van der Waals surface area contributed by atoms with Crippen molar-refractivity contribution in [1.82, 2.24) is 9.78 Å². The van der Waals surface area contributed by atoms with E-state index in [0.717, 1.165) is 4.68 Å². The lowest BCUT2D eigenvalue weighted by Crippen LogP contribution is -2.32. The van der Waals surface area contributed by atoms with Gasteiger partial charge in [0.15, 0.2) is 0 Å². The quantitative estimate of drug-likeness (QED) is 0.691. The molecule has 0 aliphatic heterocycles. The van der Waals surface area contributed by atoms with E-state index in [0.29, 0.717) is 0 Å². The van der Waals surface area contributed by atoms with E-state index in [1.54, 1.807) is 13.8 Å². The number of hydrogen-bond donors (Lipinski definition) is 2. The number of H-pyrrole nitrogens is 1. The summed E-state index contributed by atoms with van der Waals surface area (Å²) in [6.45, 7) is 3.51. The van der Waals surface area contributed by atoms with Crippen molar-refractivity contribution in [2.24, 2.45) is 0 Å². The summed E-state index contributed by atoms with van der Waals surface area (Å²) in [4.78, 5) is 22.5. The molecule has 0 aliphatic carbocycles. The van der Waals surface area contributed by atoms with Crippen LogP contribution in [0.2, 0.25) is 5.02 Å². The van der Waals surface area contributed by atoms with E-state index in [1.165, 1.54) is 0 Å². The molecular weight excluding hydrogens is 194 g/mol. The zero-order valence-corrected chi connectivity index (χ0v) is 8.05. The lowest BCUT2D eigenvalue weighted by atomic mass is 10.4. The fourth-order valence-electron chi connectivity index (χ4n) is 0.905. The van der Waals surface area contributed by atoms with E-state index in [9.17, 15) is 9.59 Å². The molecule has 0 spiro atoms. The van der Waals surface area contributed by atoms with Gasteiger partial charge >= 0.3 is 0 Å². The number of nitrogens with zero attached hydrogens (tertiary/aromatic N) is 1. The zero-order chi connectivity index (χ0) is 10.2. The van der Waals surface area contributed by atoms with Crippen molar-refractivity contribution in [3.63, 3.8) is 0 Å². The third kappa shape index (κ3) is 1.60. The minimum Gasteiger partial charge on any atom is -0.393 e. The van der Waals surface area contributed by atoms with Gasteiger partial charge in [-0.15, -0.1) is 0 Å². The van der Waals surface area contributed by atoms with Crippen LogP contribution in [0.15, 0.2) is 9.59 Å². The van der Waals surface area contributed by atoms with E-state index in [-0.39, 0.29) is 16.8 Å². The van der Waals surface area contributed by atoms with Crippen LogP contribution in [0.3, 0.4) is 0 Å². The van der Waals surface area contributed by atoms with Gasteiger partial charge in [0.1, 0.15) is 10.7 Å². The van der Waals surface area contributed by atoms with Gasteiger partial charge in [0.2, 0.25) is 0 Å². The number of aromatic amines is 1. The number of nitrogens with two attached hydrogens (primary N) is 1. The van der Waals surface area contributed by atoms with Crippen LogP contribution in [0.4, 0.5) is 5.69 Å². The average Bonchev–Trinajstić information content (AvgIpc) is 2.07. The monoisotopic (exact) mass is 203 g/mol. The molecule has 0 bridgehead atoms. The maximum atomic E-state index is 11.4. The molecule has 3 N–H and O–H groups in total. The smallest absolute Gasteiger partial charge is 0.287 e. The van der Waals surface area contributed by atoms with Crippen molar-refractivity contribution in [3.05, 3.63) is 25.7 Å². The van der Waals surface area contributed by atoms with E-state index < -0.39 is 11.1 Å². The summed E-state index contributed by atoms with van der Waals surface area (Å²) in [6.07, 6.45) is 0. The molecule has 0 amide bonds. The first kappa shape index (κ1) is 9.85. The van der Waals surface area contributed by atoms with Gasteiger partial charge in [-0.1, -0.05) is 11.6 Å². The van der Waals surface area contributed by atoms with Gasteiger partial charge in [0.05, 0.1) is 0 Å². The Kier molecular flexibility index (Phi) is 2.47. The summed E-state index contributed by atoms with van der Waals surface area (Å²) in [6, 6.07) is -0.154. The summed E-state index contributed by atoms with van der Waals surface area (Å²) in [5.74, 6) is 0. The molecule has 5 nitrogen and oxygen atoms in total. The molecule has 0 saturated heterocycles. The van der Waals surface area contributed by atoms with Crippen LogP contribution < -0.4 is 16.9 Å². The predicted octanol–water partition coefficient (Wildman–Crippen LogP) is 0.353. The molecule has 13 heavy (non-hydrogen) atoms. The van der Waals surface area contributed by atoms with Crippen LogP contribution in [-0.4, -0.2) is 9.78 Å². The standard InChI is InChI=1S/C7H10ClN3O2/c1-3(2)11-7(13)4(8)5(9)6(12)10-11/h3H,9H2,1-2H3,(H,10,12). The highest BCUT2D eigenvalue weighted by molar-refractivity contribution is 6.32. The van der Waals surface area contributed by atoms with Crippen molar-refractivity contribution in [3.8, 4) is 0 Å². The SMILES string of the molecule is CC(C)n1[nH]c(=O)c(N)c(Cl)c1=O. The van der Waals surface area contributed by atoms with Crippen LogP contribution >= 0.6 is 11.6 Å². The Balaban J connectivity index is 3.61. The van der Waals surface area contributed by atoms with E-state index in [2.05, 4.69) is 5.10 Å². The Hall–Kier alpha value is -1.23. The fourth-order valence-corrected chi connectivity index (χ4v) is 1.08. The zero-order valence-electron chi connectivity index (χ0n) is 7.30. The maximum absolute atomic E-state index is 11.4. The topological polar surface area (TPSA) is 80.9 Å². The van der Waals surface area contributed by atoms with Gasteiger partial charge in [-0.2, -0.15) is 0 Å². The van der Waals surface area contributed by atoms with Crippen molar-refractivity contribution in [2.75, 3.05) is 5.73 Å². The molecule has 72 valence electrons. The van der Waals surface area contributed by atoms with Crippen molar-refractivity contribution in [1.29, 1.82) is 0 Å². The van der Waals surface area contributed by atoms with E-state index in [4.69, 9.17) is 17.3 Å². The first-order chi connectivity index (χ1) is 5.95. The van der Waals surface area contributed by atoms with Gasteiger partial charge in [-0.3, -0.25) is 14.7 Å². The second kappa shape index (κ2) is 3.26. The molecule has 0 atom stereocenters. The third-order valence-corrected chi connectivity index (χ3v) is 1.99. The Morgan fingerprint density at radius 1 is 1.46 bits per heavy atom. The first-order valence-corrected chi connectivity index (χ1v) is 4.12. The number of aromatic nitrogens is 2. The molecule has 0 aliphatic rings. The minimum absolute atomic E-state index is 0.154. The Bertz CT molecular complexity index is 432. The summed E-state index contributed by atoms with van der Waals surface area (Å²) in [5, 5.41) is 2.10. The van der Waals surface area contributed by atoms with Crippen molar-refractivity contribution >= 4 is 17.3 Å². The van der Waals surface area contributed by atoms with Crippen LogP contribution in [0.1, 0.15) is 19.9 Å². The van der Waals surface area contributed by atoms with E-state index in [1.807, 2.05) is 0 Å². The molecule has 0 radical (unpaired) electrons. The van der Waals surface area contributed by atoms with Gasteiger partial charge in [0, 0.05) is 6.04 Å². The summed E-state index contributed by atoms with van der Waals surface area (Å²) in [7, 11) is 0. The van der Waals surface area contributed by atoms with Gasteiger partial charge < -0.3 is 5.73 Å². The number of rotatable bonds is 1. The van der Waals surface area contributed by atoms with Gasteiger partial charge in [-0.05, 0) is 13.8 Å². The van der Waals surface area contributed by atoms with Crippen molar-refractivity contribution < 1.29 is 0 Å². The Morgan fingerprint density at radius 3 is 2.46 bits per heavy atom. The molecular formula is C7H10ClN3O2. The molecule has 0 unspecified atom stereocenters. The number of halogens is 1. The predicted molar refractivity (Wildman–Crippen MR) is 51.1 cm³/mol. The number of nitrogen functional groups attached to an aromatic ring is 1. The lowest BCUT2D eigenvalue weighted by molar-refractivity contribution is 0.497. The average molecular weight is 204 g/mol.